The minimum Gasteiger partial charge on any atom is -0.489 e. The second-order valence-corrected chi connectivity index (χ2v) is 5.71. The van der Waals surface area contributed by atoms with Gasteiger partial charge in [0.05, 0.1) is 5.54 Å². The molecule has 0 heterocycles. The van der Waals surface area contributed by atoms with Crippen LogP contribution in [0.3, 0.4) is 0 Å². The van der Waals surface area contributed by atoms with E-state index in [9.17, 15) is 0 Å². The summed E-state index contributed by atoms with van der Waals surface area (Å²) in [4.78, 5) is 0. The average Bonchev–Trinajstić information content (AvgIpc) is 2.85. The first-order valence-electron chi connectivity index (χ1n) is 7.35. The number of hydrogen-bond donors (Lipinski definition) is 1. The Morgan fingerprint density at radius 1 is 1.09 bits per heavy atom. The molecule has 0 aromatic heterocycles. The Balaban J connectivity index is 1.75. The number of ether oxygens (including phenoxy) is 1. The van der Waals surface area contributed by atoms with E-state index in [0.717, 1.165) is 22.4 Å². The molecule has 0 bridgehead atoms. The zero-order valence-electron chi connectivity index (χ0n) is 12.6. The Morgan fingerprint density at radius 2 is 1.91 bits per heavy atom. The highest BCUT2D eigenvalue weighted by Crippen LogP contribution is 2.25. The number of nitrogens with two attached hydrogens (primary N) is 1. The van der Waals surface area contributed by atoms with Crippen LogP contribution in [0.2, 0.25) is 0 Å². The van der Waals surface area contributed by atoms with Crippen molar-refractivity contribution in [2.24, 2.45) is 5.73 Å². The van der Waals surface area contributed by atoms with Crippen LogP contribution in [-0.2, 0) is 0 Å². The number of hydrogen-bond acceptors (Lipinski definition) is 2. The lowest BCUT2D eigenvalue weighted by atomic mass is 10.0. The van der Waals surface area contributed by atoms with Gasteiger partial charge >= 0.3 is 0 Å². The van der Waals surface area contributed by atoms with Crippen molar-refractivity contribution in [1.29, 1.82) is 0 Å². The van der Waals surface area contributed by atoms with Gasteiger partial charge in [0.1, 0.15) is 12.4 Å². The Hall–Kier alpha value is -2.54. The molecule has 1 aromatic rings. The third-order valence-electron chi connectivity index (χ3n) is 3.60. The monoisotopic (exact) mass is 289 g/mol. The van der Waals surface area contributed by atoms with E-state index in [-0.39, 0.29) is 0 Å². The smallest absolute Gasteiger partial charge is 0.120 e. The van der Waals surface area contributed by atoms with Gasteiger partial charge in [-0.3, -0.25) is 0 Å². The summed E-state index contributed by atoms with van der Waals surface area (Å²) in [7, 11) is 0. The Bertz CT molecular complexity index is 754. The van der Waals surface area contributed by atoms with Crippen molar-refractivity contribution in [3.8, 4) is 5.75 Å². The fraction of sp³-hybridized carbons (Fsp3) is 0.150. The largest absolute Gasteiger partial charge is 0.489 e. The summed E-state index contributed by atoms with van der Waals surface area (Å²) in [5.74, 6) is 0.855. The highest BCUT2D eigenvalue weighted by Gasteiger charge is 2.13. The van der Waals surface area contributed by atoms with E-state index in [0.29, 0.717) is 6.61 Å². The maximum atomic E-state index is 6.13. The molecule has 0 fully saturated rings. The molecule has 3 rings (SSSR count). The van der Waals surface area contributed by atoms with Crippen molar-refractivity contribution in [3.05, 3.63) is 83.2 Å². The highest BCUT2D eigenvalue weighted by molar-refractivity contribution is 5.70. The van der Waals surface area contributed by atoms with Crippen molar-refractivity contribution in [2.75, 3.05) is 6.61 Å². The predicted octanol–water partition coefficient (Wildman–Crippen LogP) is 4.03. The summed E-state index contributed by atoms with van der Waals surface area (Å²) in [5, 5.41) is 0. The van der Waals surface area contributed by atoms with Gasteiger partial charge in [0.2, 0.25) is 0 Å². The molecule has 2 aliphatic rings. The minimum atomic E-state index is -0.407. The summed E-state index contributed by atoms with van der Waals surface area (Å²) < 4.78 is 5.89. The second kappa shape index (κ2) is 6.07. The van der Waals surface area contributed by atoms with Crippen LogP contribution in [0.25, 0.3) is 12.2 Å². The molecule has 0 aliphatic heterocycles. The average molecular weight is 289 g/mol. The summed E-state index contributed by atoms with van der Waals surface area (Å²) in [6.45, 7) is 2.52. The molecule has 110 valence electrons. The number of rotatable bonds is 3. The zero-order valence-corrected chi connectivity index (χ0v) is 12.6. The molecule has 2 N–H and O–H groups in total. The molecule has 2 heteroatoms. The van der Waals surface area contributed by atoms with E-state index in [1.54, 1.807) is 0 Å². The quantitative estimate of drug-likeness (QED) is 0.853. The van der Waals surface area contributed by atoms with Gasteiger partial charge in [0, 0.05) is 0 Å². The van der Waals surface area contributed by atoms with Crippen LogP contribution in [0.5, 0.6) is 5.75 Å². The maximum absolute atomic E-state index is 6.13. The van der Waals surface area contributed by atoms with Gasteiger partial charge in [-0.2, -0.15) is 0 Å². The minimum absolute atomic E-state index is 0.407. The molecule has 0 saturated heterocycles. The molecular formula is C20H19NO. The zero-order chi connectivity index (χ0) is 15.4. The Kier molecular flexibility index (Phi) is 3.97. The van der Waals surface area contributed by atoms with Crippen molar-refractivity contribution >= 4 is 12.2 Å². The summed E-state index contributed by atoms with van der Waals surface area (Å²) in [6.07, 6.45) is 17.9. The molecule has 1 aromatic carbocycles. The second-order valence-electron chi connectivity index (χ2n) is 5.71. The van der Waals surface area contributed by atoms with Gasteiger partial charge in [-0.15, -0.1) is 5.73 Å². The topological polar surface area (TPSA) is 35.2 Å². The van der Waals surface area contributed by atoms with Crippen LogP contribution in [0.15, 0.2) is 72.0 Å². The van der Waals surface area contributed by atoms with Crippen molar-refractivity contribution < 1.29 is 4.74 Å². The van der Waals surface area contributed by atoms with Gasteiger partial charge in [-0.05, 0) is 54.0 Å². The SMILES string of the molecule is CC1(N)C=Cc2ccc(OCC3=CC=C=CC=C3)cc2C=C1. The number of benzene rings is 1. The van der Waals surface area contributed by atoms with Crippen molar-refractivity contribution in [2.45, 2.75) is 12.5 Å². The molecule has 2 nitrogen and oxygen atoms in total. The number of allylic oxidation sites excluding steroid dienone is 3. The molecule has 0 spiro atoms. The van der Waals surface area contributed by atoms with E-state index in [4.69, 9.17) is 10.5 Å². The molecule has 0 amide bonds. The standard InChI is InChI=1S/C20H19NO/c1-20(21)12-10-17-8-9-19(14-18(17)11-13-20)22-15-16-6-4-2-3-5-7-16/h2,4-14H,15,21H2,1H3. The Labute approximate surface area is 131 Å². The first kappa shape index (κ1) is 14.4. The van der Waals surface area contributed by atoms with Gasteiger partial charge in [-0.25, -0.2) is 0 Å². The van der Waals surface area contributed by atoms with E-state index in [1.165, 1.54) is 0 Å². The molecule has 2 aliphatic carbocycles. The fourth-order valence-corrected chi connectivity index (χ4v) is 2.29. The summed E-state index contributed by atoms with van der Waals surface area (Å²) in [6, 6.07) is 6.10. The lowest BCUT2D eigenvalue weighted by molar-refractivity contribution is 0.355. The lowest BCUT2D eigenvalue weighted by Gasteiger charge is -2.12. The van der Waals surface area contributed by atoms with Crippen LogP contribution >= 0.6 is 0 Å². The predicted molar refractivity (Wildman–Crippen MR) is 92.5 cm³/mol. The van der Waals surface area contributed by atoms with Gasteiger partial charge in [0.25, 0.3) is 0 Å². The molecular weight excluding hydrogens is 270 g/mol. The van der Waals surface area contributed by atoms with E-state index in [2.05, 4.69) is 23.9 Å². The lowest BCUT2D eigenvalue weighted by Crippen LogP contribution is -2.29. The van der Waals surface area contributed by atoms with Crippen LogP contribution in [-0.4, -0.2) is 12.1 Å². The van der Waals surface area contributed by atoms with Gasteiger partial charge < -0.3 is 10.5 Å². The van der Waals surface area contributed by atoms with Crippen molar-refractivity contribution in [3.63, 3.8) is 0 Å². The molecule has 0 saturated carbocycles. The molecule has 0 radical (unpaired) electrons. The summed E-state index contributed by atoms with van der Waals surface area (Å²) >= 11 is 0. The highest BCUT2D eigenvalue weighted by atomic mass is 16.5. The number of fused-ring (bicyclic) bond motifs is 1. The van der Waals surface area contributed by atoms with E-state index >= 15 is 0 Å². The van der Waals surface area contributed by atoms with E-state index < -0.39 is 5.54 Å². The van der Waals surface area contributed by atoms with Gasteiger partial charge in [0.15, 0.2) is 0 Å². The fourth-order valence-electron chi connectivity index (χ4n) is 2.29. The van der Waals surface area contributed by atoms with Crippen LogP contribution < -0.4 is 10.5 Å². The third kappa shape index (κ3) is 3.56. The van der Waals surface area contributed by atoms with Crippen LogP contribution in [0.4, 0.5) is 0 Å². The first-order chi connectivity index (χ1) is 10.6. The Morgan fingerprint density at radius 3 is 2.77 bits per heavy atom. The summed E-state index contributed by atoms with van der Waals surface area (Å²) in [5.41, 5.74) is 12.1. The first-order valence-corrected chi connectivity index (χ1v) is 7.35. The van der Waals surface area contributed by atoms with Crippen LogP contribution in [0, 0.1) is 0 Å². The van der Waals surface area contributed by atoms with Crippen LogP contribution in [0.1, 0.15) is 18.1 Å². The van der Waals surface area contributed by atoms with Crippen molar-refractivity contribution in [1.82, 2.24) is 0 Å². The third-order valence-corrected chi connectivity index (χ3v) is 3.60. The van der Waals surface area contributed by atoms with E-state index in [1.807, 2.05) is 61.6 Å². The molecule has 1 atom stereocenters. The van der Waals surface area contributed by atoms with Gasteiger partial charge in [-0.1, -0.05) is 42.5 Å². The normalized spacial score (nSPS) is 22.0. The maximum Gasteiger partial charge on any atom is 0.120 e. The molecule has 1 unspecified atom stereocenters. The molecule has 22 heavy (non-hydrogen) atoms.